The Bertz CT molecular complexity index is 1150. The monoisotopic (exact) mass is 528 g/mol. The second-order valence-corrected chi connectivity index (χ2v) is 11.4. The van der Waals surface area contributed by atoms with E-state index in [9.17, 15) is 14.0 Å². The van der Waals surface area contributed by atoms with E-state index in [0.29, 0.717) is 31.7 Å². The van der Waals surface area contributed by atoms with Crippen LogP contribution in [0.1, 0.15) is 52.2 Å². The standard InChI is InChI=1S/C29H37FN2O6/c1-28(2,3)38-27(34)32-13-12-31(26(33)36-19-20-9-7-6-8-10-20)18-22(32)11-14-35-23-15-21-17-29(4,5)37-25(21)24(30)16-23/h6-10,15-16,22H,11-14,17-19H2,1-5H3/t22-/m1/s1. The molecule has 1 saturated heterocycles. The Morgan fingerprint density at radius 1 is 1.11 bits per heavy atom. The minimum absolute atomic E-state index is 0.171. The molecule has 1 fully saturated rings. The van der Waals surface area contributed by atoms with Crippen LogP contribution in [0.25, 0.3) is 0 Å². The minimum atomic E-state index is -0.651. The van der Waals surface area contributed by atoms with Gasteiger partial charge in [0.1, 0.15) is 23.6 Å². The third-order valence-electron chi connectivity index (χ3n) is 6.38. The fourth-order valence-electron chi connectivity index (χ4n) is 4.68. The number of fused-ring (bicyclic) bond motifs is 1. The maximum absolute atomic E-state index is 14.6. The molecule has 2 heterocycles. The van der Waals surface area contributed by atoms with Crippen molar-refractivity contribution in [2.45, 2.75) is 71.3 Å². The maximum atomic E-state index is 14.6. The predicted molar refractivity (Wildman–Crippen MR) is 140 cm³/mol. The molecule has 2 aliphatic rings. The molecule has 9 heteroatoms. The number of halogens is 1. The molecule has 0 spiro atoms. The van der Waals surface area contributed by atoms with Crippen molar-refractivity contribution in [3.8, 4) is 11.5 Å². The Kier molecular flexibility index (Phi) is 8.04. The summed E-state index contributed by atoms with van der Waals surface area (Å²) in [5, 5.41) is 0. The third-order valence-corrected chi connectivity index (χ3v) is 6.38. The minimum Gasteiger partial charge on any atom is -0.493 e. The van der Waals surface area contributed by atoms with Gasteiger partial charge in [0.25, 0.3) is 0 Å². The molecular formula is C29H37FN2O6. The van der Waals surface area contributed by atoms with Gasteiger partial charge in [-0.1, -0.05) is 30.3 Å². The van der Waals surface area contributed by atoms with Crippen LogP contribution in [0.3, 0.4) is 0 Å². The van der Waals surface area contributed by atoms with Gasteiger partial charge in [-0.25, -0.2) is 14.0 Å². The number of hydrogen-bond donors (Lipinski definition) is 0. The third kappa shape index (κ3) is 7.08. The lowest BCUT2D eigenvalue weighted by atomic mass is 10.0. The lowest BCUT2D eigenvalue weighted by Gasteiger charge is -2.41. The average Bonchev–Trinajstić information content (AvgIpc) is 3.16. The summed E-state index contributed by atoms with van der Waals surface area (Å²) in [4.78, 5) is 29.0. The molecule has 2 aromatic rings. The topological polar surface area (TPSA) is 77.5 Å². The SMILES string of the molecule is CC(C)(C)OC(=O)N1CCN(C(=O)OCc2ccccc2)C[C@H]1CCOc1cc(F)c2c(c1)CC(C)(C)O2. The van der Waals surface area contributed by atoms with Gasteiger partial charge >= 0.3 is 12.2 Å². The van der Waals surface area contributed by atoms with Crippen molar-refractivity contribution in [3.05, 3.63) is 59.4 Å². The number of hydrogen-bond acceptors (Lipinski definition) is 6. The first-order valence-electron chi connectivity index (χ1n) is 13.0. The van der Waals surface area contributed by atoms with Crippen molar-refractivity contribution >= 4 is 12.2 Å². The Hall–Kier alpha value is -3.49. The zero-order valence-electron chi connectivity index (χ0n) is 22.8. The predicted octanol–water partition coefficient (Wildman–Crippen LogP) is 5.57. The molecule has 8 nitrogen and oxygen atoms in total. The number of nitrogens with zero attached hydrogens (tertiary/aromatic N) is 2. The summed E-state index contributed by atoms with van der Waals surface area (Å²) in [7, 11) is 0. The molecule has 0 bridgehead atoms. The van der Waals surface area contributed by atoms with Crippen molar-refractivity contribution in [1.82, 2.24) is 9.80 Å². The Morgan fingerprint density at radius 2 is 1.84 bits per heavy atom. The highest BCUT2D eigenvalue weighted by atomic mass is 19.1. The second kappa shape index (κ2) is 11.1. The van der Waals surface area contributed by atoms with Crippen LogP contribution in [-0.2, 0) is 22.5 Å². The van der Waals surface area contributed by atoms with Gasteiger partial charge in [-0.05, 0) is 46.2 Å². The molecule has 0 radical (unpaired) electrons. The van der Waals surface area contributed by atoms with Crippen LogP contribution in [0.2, 0.25) is 0 Å². The Morgan fingerprint density at radius 3 is 2.55 bits per heavy atom. The number of amides is 2. The Labute approximate surface area is 223 Å². The van der Waals surface area contributed by atoms with Gasteiger partial charge in [-0.15, -0.1) is 0 Å². The summed E-state index contributed by atoms with van der Waals surface area (Å²) in [5.74, 6) is 0.222. The van der Waals surface area contributed by atoms with Gasteiger partial charge in [0.05, 0.1) is 12.6 Å². The van der Waals surface area contributed by atoms with E-state index in [-0.39, 0.29) is 31.5 Å². The molecule has 0 aromatic heterocycles. The Balaban J connectivity index is 1.39. The second-order valence-electron chi connectivity index (χ2n) is 11.4. The van der Waals surface area contributed by atoms with Crippen molar-refractivity contribution < 1.29 is 32.9 Å². The molecule has 206 valence electrons. The van der Waals surface area contributed by atoms with E-state index in [1.807, 2.05) is 65.0 Å². The highest BCUT2D eigenvalue weighted by molar-refractivity contribution is 5.71. The van der Waals surface area contributed by atoms with Crippen molar-refractivity contribution in [1.29, 1.82) is 0 Å². The van der Waals surface area contributed by atoms with Crippen molar-refractivity contribution in [3.63, 3.8) is 0 Å². The van der Waals surface area contributed by atoms with Gasteiger partial charge < -0.3 is 28.7 Å². The lowest BCUT2D eigenvalue weighted by molar-refractivity contribution is -0.00615. The van der Waals surface area contributed by atoms with Crippen LogP contribution in [0.5, 0.6) is 11.5 Å². The first kappa shape index (κ1) is 27.5. The molecule has 38 heavy (non-hydrogen) atoms. The smallest absolute Gasteiger partial charge is 0.410 e. The van der Waals surface area contributed by atoms with Crippen molar-refractivity contribution in [2.24, 2.45) is 0 Å². The highest BCUT2D eigenvalue weighted by Crippen LogP contribution is 2.39. The number of ether oxygens (including phenoxy) is 4. The van der Waals surface area contributed by atoms with Crippen LogP contribution >= 0.6 is 0 Å². The summed E-state index contributed by atoms with van der Waals surface area (Å²) < 4.78 is 37.3. The van der Waals surface area contributed by atoms with Crippen LogP contribution in [0, 0.1) is 5.82 Å². The van der Waals surface area contributed by atoms with Crippen LogP contribution in [0.4, 0.5) is 14.0 Å². The fraction of sp³-hybridized carbons (Fsp3) is 0.517. The van der Waals surface area contributed by atoms with Gasteiger partial charge in [0, 0.05) is 44.1 Å². The van der Waals surface area contributed by atoms with Gasteiger partial charge in [-0.2, -0.15) is 0 Å². The van der Waals surface area contributed by atoms with E-state index in [2.05, 4.69) is 0 Å². The quantitative estimate of drug-likeness (QED) is 0.488. The number of piperazine rings is 1. The molecule has 2 amide bonds. The molecule has 4 rings (SSSR count). The highest BCUT2D eigenvalue weighted by Gasteiger charge is 2.36. The number of benzene rings is 2. The summed E-state index contributed by atoms with van der Waals surface area (Å²) in [6.07, 6.45) is 0.128. The largest absolute Gasteiger partial charge is 0.493 e. The number of carbonyl (C=O) groups is 2. The van der Waals surface area contributed by atoms with Gasteiger partial charge in [0.15, 0.2) is 11.6 Å². The molecule has 0 N–H and O–H groups in total. The first-order chi connectivity index (χ1) is 17.9. The van der Waals surface area contributed by atoms with E-state index in [4.69, 9.17) is 18.9 Å². The van der Waals surface area contributed by atoms with Crippen molar-refractivity contribution in [2.75, 3.05) is 26.2 Å². The zero-order valence-corrected chi connectivity index (χ0v) is 22.8. The van der Waals surface area contributed by atoms with E-state index in [1.54, 1.807) is 15.9 Å². The number of carbonyl (C=O) groups excluding carboxylic acids is 2. The fourth-order valence-corrected chi connectivity index (χ4v) is 4.68. The molecule has 2 aliphatic heterocycles. The van der Waals surface area contributed by atoms with Gasteiger partial charge in [0.2, 0.25) is 0 Å². The summed E-state index contributed by atoms with van der Waals surface area (Å²) in [5.41, 5.74) is 0.553. The van der Waals surface area contributed by atoms with E-state index >= 15 is 0 Å². The molecule has 1 atom stereocenters. The molecule has 0 unspecified atom stereocenters. The molecule has 0 aliphatic carbocycles. The zero-order chi connectivity index (χ0) is 27.5. The summed E-state index contributed by atoms with van der Waals surface area (Å²) in [6.45, 7) is 10.6. The van der Waals surface area contributed by atoms with E-state index < -0.39 is 29.2 Å². The normalized spacial score (nSPS) is 18.4. The summed E-state index contributed by atoms with van der Waals surface area (Å²) >= 11 is 0. The maximum Gasteiger partial charge on any atom is 0.410 e. The van der Waals surface area contributed by atoms with E-state index in [0.717, 1.165) is 11.1 Å². The van der Waals surface area contributed by atoms with Gasteiger partial charge in [-0.3, -0.25) is 0 Å². The molecule has 2 aromatic carbocycles. The van der Waals surface area contributed by atoms with Crippen LogP contribution in [-0.4, -0.2) is 65.5 Å². The average molecular weight is 529 g/mol. The summed E-state index contributed by atoms with van der Waals surface area (Å²) in [6, 6.07) is 12.2. The first-order valence-corrected chi connectivity index (χ1v) is 13.0. The molecule has 0 saturated carbocycles. The number of rotatable bonds is 6. The molecular weight excluding hydrogens is 491 g/mol. The van der Waals surface area contributed by atoms with Crippen LogP contribution < -0.4 is 9.47 Å². The lowest BCUT2D eigenvalue weighted by Crippen LogP contribution is -2.57. The van der Waals surface area contributed by atoms with Crippen LogP contribution in [0.15, 0.2) is 42.5 Å². The van der Waals surface area contributed by atoms with E-state index in [1.165, 1.54) is 6.07 Å².